The first-order valence-corrected chi connectivity index (χ1v) is 3.31. The predicted octanol–water partition coefficient (Wildman–Crippen LogP) is -0.101. The van der Waals surface area contributed by atoms with Crippen molar-refractivity contribution in [2.75, 3.05) is 13.2 Å². The fourth-order valence-corrected chi connectivity index (χ4v) is 0.744. The molecule has 0 spiro atoms. The SMILES string of the molecule is CCOC(=O)C1=NNCC1. The van der Waals surface area contributed by atoms with Crippen molar-refractivity contribution in [1.29, 1.82) is 0 Å². The zero-order chi connectivity index (χ0) is 7.40. The molecular formula is C6H10N2O2. The molecule has 1 aliphatic rings. The van der Waals surface area contributed by atoms with Crippen molar-refractivity contribution < 1.29 is 9.53 Å². The van der Waals surface area contributed by atoms with Crippen LogP contribution in [0.25, 0.3) is 0 Å². The lowest BCUT2D eigenvalue weighted by Crippen LogP contribution is -2.15. The second-order valence-corrected chi connectivity index (χ2v) is 1.94. The molecule has 4 nitrogen and oxygen atoms in total. The lowest BCUT2D eigenvalue weighted by molar-refractivity contribution is -0.135. The van der Waals surface area contributed by atoms with Gasteiger partial charge < -0.3 is 10.2 Å². The number of ether oxygens (including phenoxy) is 1. The third-order valence-corrected chi connectivity index (χ3v) is 1.20. The molecule has 0 amide bonds. The van der Waals surface area contributed by atoms with Crippen LogP contribution in [-0.4, -0.2) is 24.8 Å². The first-order valence-electron chi connectivity index (χ1n) is 3.31. The summed E-state index contributed by atoms with van der Waals surface area (Å²) in [6, 6.07) is 0. The van der Waals surface area contributed by atoms with Gasteiger partial charge in [-0.25, -0.2) is 4.79 Å². The van der Waals surface area contributed by atoms with Gasteiger partial charge in [-0.15, -0.1) is 0 Å². The van der Waals surface area contributed by atoms with Crippen LogP contribution in [0.3, 0.4) is 0 Å². The molecule has 0 aromatic heterocycles. The summed E-state index contributed by atoms with van der Waals surface area (Å²) in [4.78, 5) is 10.9. The van der Waals surface area contributed by atoms with E-state index in [1.165, 1.54) is 0 Å². The second kappa shape index (κ2) is 3.20. The Kier molecular flexibility index (Phi) is 2.25. The van der Waals surface area contributed by atoms with Crippen LogP contribution in [0.1, 0.15) is 13.3 Å². The zero-order valence-electron chi connectivity index (χ0n) is 5.89. The molecule has 1 rings (SSSR count). The molecule has 10 heavy (non-hydrogen) atoms. The van der Waals surface area contributed by atoms with Gasteiger partial charge in [0, 0.05) is 13.0 Å². The number of rotatable bonds is 2. The van der Waals surface area contributed by atoms with Gasteiger partial charge in [-0.1, -0.05) is 0 Å². The number of carbonyl (C=O) groups is 1. The van der Waals surface area contributed by atoms with Gasteiger partial charge in [0.15, 0.2) is 0 Å². The molecule has 1 aliphatic heterocycles. The van der Waals surface area contributed by atoms with Gasteiger partial charge >= 0.3 is 5.97 Å². The minimum Gasteiger partial charge on any atom is -0.461 e. The van der Waals surface area contributed by atoms with Crippen molar-refractivity contribution >= 4 is 11.7 Å². The summed E-state index contributed by atoms with van der Waals surface area (Å²) in [6.07, 6.45) is 0.679. The van der Waals surface area contributed by atoms with Crippen molar-refractivity contribution in [3.63, 3.8) is 0 Å². The number of hydrogen-bond acceptors (Lipinski definition) is 4. The van der Waals surface area contributed by atoms with Gasteiger partial charge in [0.05, 0.1) is 6.61 Å². The predicted molar refractivity (Wildman–Crippen MR) is 36.7 cm³/mol. The normalized spacial score (nSPS) is 15.9. The lowest BCUT2D eigenvalue weighted by atomic mass is 10.3. The summed E-state index contributed by atoms with van der Waals surface area (Å²) < 4.78 is 4.72. The summed E-state index contributed by atoms with van der Waals surface area (Å²) in [5.41, 5.74) is 3.20. The zero-order valence-corrected chi connectivity index (χ0v) is 5.89. The van der Waals surface area contributed by atoms with E-state index in [1.54, 1.807) is 6.92 Å². The molecule has 0 unspecified atom stereocenters. The Labute approximate surface area is 59.2 Å². The molecule has 4 heteroatoms. The van der Waals surface area contributed by atoms with E-state index in [4.69, 9.17) is 4.74 Å². The highest BCUT2D eigenvalue weighted by Crippen LogP contribution is 1.95. The van der Waals surface area contributed by atoms with Gasteiger partial charge in [0.1, 0.15) is 5.71 Å². The highest BCUT2D eigenvalue weighted by atomic mass is 16.5. The van der Waals surface area contributed by atoms with Crippen LogP contribution in [-0.2, 0) is 9.53 Å². The fourth-order valence-electron chi connectivity index (χ4n) is 0.744. The maximum Gasteiger partial charge on any atom is 0.354 e. The second-order valence-electron chi connectivity index (χ2n) is 1.94. The van der Waals surface area contributed by atoms with Crippen molar-refractivity contribution in [2.45, 2.75) is 13.3 Å². The Hall–Kier alpha value is -1.06. The smallest absolute Gasteiger partial charge is 0.354 e. The molecule has 0 fully saturated rings. The van der Waals surface area contributed by atoms with Crippen molar-refractivity contribution in [1.82, 2.24) is 5.43 Å². The van der Waals surface area contributed by atoms with Crippen molar-refractivity contribution in [3.05, 3.63) is 0 Å². The first kappa shape index (κ1) is 7.05. The third kappa shape index (κ3) is 1.46. The van der Waals surface area contributed by atoms with Crippen LogP contribution in [0, 0.1) is 0 Å². The third-order valence-electron chi connectivity index (χ3n) is 1.20. The summed E-state index contributed by atoms with van der Waals surface area (Å²) in [5, 5.41) is 3.75. The molecule has 0 aromatic carbocycles. The molecule has 0 bridgehead atoms. The Bertz CT molecular complexity index is 165. The van der Waals surface area contributed by atoms with Crippen LogP contribution in [0.5, 0.6) is 0 Å². The average molecular weight is 142 g/mol. The molecule has 1 heterocycles. The minimum atomic E-state index is -0.299. The summed E-state index contributed by atoms with van der Waals surface area (Å²) in [7, 11) is 0. The van der Waals surface area contributed by atoms with E-state index < -0.39 is 0 Å². The van der Waals surface area contributed by atoms with E-state index in [2.05, 4.69) is 10.5 Å². The van der Waals surface area contributed by atoms with Gasteiger partial charge in [-0.3, -0.25) is 0 Å². The first-order chi connectivity index (χ1) is 4.84. The van der Waals surface area contributed by atoms with Gasteiger partial charge in [-0.05, 0) is 6.92 Å². The minimum absolute atomic E-state index is 0.299. The maximum absolute atomic E-state index is 10.9. The van der Waals surface area contributed by atoms with Crippen LogP contribution < -0.4 is 5.43 Å². The summed E-state index contributed by atoms with van der Waals surface area (Å²) in [6.45, 7) is 2.94. The Balaban J connectivity index is 2.40. The van der Waals surface area contributed by atoms with Gasteiger partial charge in [-0.2, -0.15) is 5.10 Å². The van der Waals surface area contributed by atoms with Crippen molar-refractivity contribution in [3.8, 4) is 0 Å². The largest absolute Gasteiger partial charge is 0.461 e. The van der Waals surface area contributed by atoms with Crippen LogP contribution in [0.2, 0.25) is 0 Å². The molecule has 0 saturated carbocycles. The van der Waals surface area contributed by atoms with Gasteiger partial charge in [0.2, 0.25) is 0 Å². The number of hydrogen-bond donors (Lipinski definition) is 1. The Morgan fingerprint density at radius 3 is 3.20 bits per heavy atom. The molecule has 0 saturated heterocycles. The topological polar surface area (TPSA) is 50.7 Å². The number of nitrogens with one attached hydrogen (secondary N) is 1. The van der Waals surface area contributed by atoms with E-state index >= 15 is 0 Å². The standard InChI is InChI=1S/C6H10N2O2/c1-2-10-6(9)5-3-4-7-8-5/h7H,2-4H2,1H3. The van der Waals surface area contributed by atoms with Crippen LogP contribution in [0.4, 0.5) is 0 Å². The highest BCUT2D eigenvalue weighted by molar-refractivity contribution is 6.36. The lowest BCUT2D eigenvalue weighted by Gasteiger charge is -1.97. The number of hydrazone groups is 1. The summed E-state index contributed by atoms with van der Waals surface area (Å²) >= 11 is 0. The fraction of sp³-hybridized carbons (Fsp3) is 0.667. The van der Waals surface area contributed by atoms with Gasteiger partial charge in [0.25, 0.3) is 0 Å². The number of carbonyl (C=O) groups excluding carboxylic acids is 1. The Morgan fingerprint density at radius 1 is 1.90 bits per heavy atom. The van der Waals surface area contributed by atoms with Crippen molar-refractivity contribution in [2.24, 2.45) is 5.10 Å². The quantitative estimate of drug-likeness (QED) is 0.548. The molecular weight excluding hydrogens is 132 g/mol. The summed E-state index contributed by atoms with van der Waals surface area (Å²) in [5.74, 6) is -0.299. The molecule has 1 N–H and O–H groups in total. The average Bonchev–Trinajstić information content (AvgIpc) is 2.38. The molecule has 0 aliphatic carbocycles. The Morgan fingerprint density at radius 2 is 2.70 bits per heavy atom. The molecule has 0 aromatic rings. The monoisotopic (exact) mass is 142 g/mol. The number of nitrogens with zero attached hydrogens (tertiary/aromatic N) is 1. The van der Waals surface area contributed by atoms with E-state index in [0.717, 1.165) is 6.54 Å². The van der Waals surface area contributed by atoms with Crippen LogP contribution >= 0.6 is 0 Å². The molecule has 56 valence electrons. The molecule has 0 atom stereocenters. The van der Waals surface area contributed by atoms with E-state index in [1.807, 2.05) is 0 Å². The van der Waals surface area contributed by atoms with Crippen LogP contribution in [0.15, 0.2) is 5.10 Å². The maximum atomic E-state index is 10.9. The highest BCUT2D eigenvalue weighted by Gasteiger charge is 2.15. The van der Waals surface area contributed by atoms with E-state index in [0.29, 0.717) is 18.7 Å². The van der Waals surface area contributed by atoms with E-state index in [9.17, 15) is 4.79 Å². The molecule has 0 radical (unpaired) electrons. The number of esters is 1. The van der Waals surface area contributed by atoms with E-state index in [-0.39, 0.29) is 5.97 Å².